The van der Waals surface area contributed by atoms with E-state index < -0.39 is 0 Å². The van der Waals surface area contributed by atoms with E-state index in [1.807, 2.05) is 0 Å². The fourth-order valence-electron chi connectivity index (χ4n) is 2.69. The van der Waals surface area contributed by atoms with Crippen LogP contribution in [0.15, 0.2) is 16.6 Å². The first-order chi connectivity index (χ1) is 8.47. The van der Waals surface area contributed by atoms with Crippen molar-refractivity contribution in [2.75, 3.05) is 18.9 Å². The molecule has 0 bridgehead atoms. The molecule has 0 amide bonds. The molecule has 2 atom stereocenters. The molecule has 1 N–H and O–H groups in total. The second-order valence-corrected chi connectivity index (χ2v) is 6.41. The molecule has 0 aliphatic carbocycles. The zero-order valence-corrected chi connectivity index (χ0v) is 13.3. The van der Waals surface area contributed by atoms with Crippen LogP contribution in [0.4, 0.5) is 5.69 Å². The molecule has 0 radical (unpaired) electrons. The lowest BCUT2D eigenvalue weighted by Gasteiger charge is -2.36. The summed E-state index contributed by atoms with van der Waals surface area (Å²) in [4.78, 5) is 2.44. The highest BCUT2D eigenvalue weighted by atomic mass is 79.9. The molecule has 0 saturated carbocycles. The number of nitrogens with zero attached hydrogens (tertiary/aromatic N) is 1. The van der Waals surface area contributed by atoms with Crippen LogP contribution in [0.3, 0.4) is 0 Å². The van der Waals surface area contributed by atoms with Gasteiger partial charge in [0.2, 0.25) is 0 Å². The molecule has 1 aromatic carbocycles. The van der Waals surface area contributed by atoms with Gasteiger partial charge in [-0.3, -0.25) is 0 Å². The van der Waals surface area contributed by atoms with Gasteiger partial charge in [-0.05, 0) is 63.9 Å². The smallest absolute Gasteiger partial charge is 0.0348 e. The van der Waals surface area contributed by atoms with E-state index in [2.05, 4.69) is 66.1 Å². The normalized spacial score (nSPS) is 25.2. The fraction of sp³-hybridized carbons (Fsp3) is 0.600. The minimum absolute atomic E-state index is 0.608. The Kier molecular flexibility index (Phi) is 4.33. The third-order valence-electron chi connectivity index (χ3n) is 4.02. The van der Waals surface area contributed by atoms with Crippen LogP contribution < -0.4 is 5.32 Å². The Morgan fingerprint density at radius 1 is 1.28 bits per heavy atom. The highest BCUT2D eigenvalue weighted by molar-refractivity contribution is 9.10. The van der Waals surface area contributed by atoms with Crippen molar-refractivity contribution in [2.45, 2.75) is 45.7 Å². The lowest BCUT2D eigenvalue weighted by Crippen LogP contribution is -2.42. The van der Waals surface area contributed by atoms with Crippen molar-refractivity contribution in [1.29, 1.82) is 0 Å². The number of rotatable bonds is 2. The van der Waals surface area contributed by atoms with Crippen molar-refractivity contribution in [3.63, 3.8) is 0 Å². The second kappa shape index (κ2) is 5.62. The Hall–Kier alpha value is -0.540. The van der Waals surface area contributed by atoms with Crippen molar-refractivity contribution < 1.29 is 0 Å². The lowest BCUT2D eigenvalue weighted by atomic mass is 9.98. The average molecular weight is 311 g/mol. The largest absolute Gasteiger partial charge is 0.382 e. The minimum Gasteiger partial charge on any atom is -0.382 e. The molecular weight excluding hydrogens is 288 g/mol. The molecule has 18 heavy (non-hydrogen) atoms. The molecule has 100 valence electrons. The summed E-state index contributed by atoms with van der Waals surface area (Å²) in [7, 11) is 2.22. The fourth-order valence-corrected chi connectivity index (χ4v) is 2.91. The average Bonchev–Trinajstić information content (AvgIpc) is 2.31. The number of piperidine rings is 1. The molecule has 1 aromatic rings. The van der Waals surface area contributed by atoms with E-state index in [0.29, 0.717) is 12.1 Å². The Morgan fingerprint density at radius 2 is 1.89 bits per heavy atom. The third kappa shape index (κ3) is 3.07. The SMILES string of the molecule is Cc1cc(NC2CCN(C)C(C)C2)cc(C)c1Br. The number of benzene rings is 1. The summed E-state index contributed by atoms with van der Waals surface area (Å²) in [5.74, 6) is 0. The van der Waals surface area contributed by atoms with Gasteiger partial charge in [-0.1, -0.05) is 15.9 Å². The summed E-state index contributed by atoms with van der Waals surface area (Å²) in [5.41, 5.74) is 3.87. The van der Waals surface area contributed by atoms with Gasteiger partial charge in [0.1, 0.15) is 0 Å². The number of hydrogen-bond donors (Lipinski definition) is 1. The zero-order chi connectivity index (χ0) is 13.3. The zero-order valence-electron chi connectivity index (χ0n) is 11.8. The Balaban J connectivity index is 2.06. The quantitative estimate of drug-likeness (QED) is 0.889. The van der Waals surface area contributed by atoms with E-state index in [1.165, 1.54) is 40.7 Å². The van der Waals surface area contributed by atoms with E-state index in [0.717, 1.165) is 0 Å². The van der Waals surface area contributed by atoms with E-state index in [1.54, 1.807) is 0 Å². The first-order valence-corrected chi connectivity index (χ1v) is 7.50. The number of nitrogens with one attached hydrogen (secondary N) is 1. The second-order valence-electron chi connectivity index (χ2n) is 5.62. The molecule has 1 heterocycles. The minimum atomic E-state index is 0.608. The maximum atomic E-state index is 3.69. The molecule has 0 aromatic heterocycles. The molecular formula is C15H23BrN2. The number of halogens is 1. The first-order valence-electron chi connectivity index (χ1n) is 6.71. The van der Waals surface area contributed by atoms with Gasteiger partial charge in [0.05, 0.1) is 0 Å². The van der Waals surface area contributed by atoms with Crippen LogP contribution in [-0.4, -0.2) is 30.6 Å². The Labute approximate surface area is 119 Å². The van der Waals surface area contributed by atoms with Gasteiger partial charge in [0.25, 0.3) is 0 Å². The van der Waals surface area contributed by atoms with Crippen molar-refractivity contribution in [3.05, 3.63) is 27.7 Å². The number of hydrogen-bond acceptors (Lipinski definition) is 2. The molecule has 3 heteroatoms. The Bertz CT molecular complexity index is 407. The van der Waals surface area contributed by atoms with E-state index >= 15 is 0 Å². The standard InChI is InChI=1S/C15H23BrN2/c1-10-7-14(8-11(2)15(10)16)17-13-5-6-18(4)12(3)9-13/h7-8,12-13,17H,5-6,9H2,1-4H3. The number of aryl methyl sites for hydroxylation is 2. The molecule has 0 spiro atoms. The summed E-state index contributed by atoms with van der Waals surface area (Å²) in [6.45, 7) is 7.80. The van der Waals surface area contributed by atoms with Gasteiger partial charge < -0.3 is 10.2 Å². The first kappa shape index (κ1) is 13.9. The molecule has 1 aliphatic rings. The maximum absolute atomic E-state index is 3.69. The maximum Gasteiger partial charge on any atom is 0.0348 e. The predicted molar refractivity (Wildman–Crippen MR) is 82.4 cm³/mol. The predicted octanol–water partition coefficient (Wildman–Crippen LogP) is 3.96. The lowest BCUT2D eigenvalue weighted by molar-refractivity contribution is 0.190. The molecule has 2 rings (SSSR count). The van der Waals surface area contributed by atoms with Gasteiger partial charge in [-0.25, -0.2) is 0 Å². The molecule has 2 unspecified atom stereocenters. The van der Waals surface area contributed by atoms with E-state index in [9.17, 15) is 0 Å². The van der Waals surface area contributed by atoms with Crippen LogP contribution in [0.25, 0.3) is 0 Å². The molecule has 2 nitrogen and oxygen atoms in total. The van der Waals surface area contributed by atoms with Crippen LogP contribution in [0.1, 0.15) is 30.9 Å². The summed E-state index contributed by atoms with van der Waals surface area (Å²) in [6, 6.07) is 5.75. The molecule has 1 fully saturated rings. The Morgan fingerprint density at radius 3 is 2.44 bits per heavy atom. The van der Waals surface area contributed by atoms with Crippen LogP contribution in [-0.2, 0) is 0 Å². The van der Waals surface area contributed by atoms with E-state index in [-0.39, 0.29) is 0 Å². The molecule has 1 saturated heterocycles. The van der Waals surface area contributed by atoms with Gasteiger partial charge in [-0.15, -0.1) is 0 Å². The van der Waals surface area contributed by atoms with Gasteiger partial charge in [-0.2, -0.15) is 0 Å². The van der Waals surface area contributed by atoms with Crippen molar-refractivity contribution in [3.8, 4) is 0 Å². The summed E-state index contributed by atoms with van der Waals surface area (Å²) in [5, 5.41) is 3.69. The van der Waals surface area contributed by atoms with Crippen LogP contribution in [0.5, 0.6) is 0 Å². The van der Waals surface area contributed by atoms with Crippen LogP contribution in [0.2, 0.25) is 0 Å². The van der Waals surface area contributed by atoms with E-state index in [4.69, 9.17) is 0 Å². The van der Waals surface area contributed by atoms with Crippen LogP contribution in [0, 0.1) is 13.8 Å². The van der Waals surface area contributed by atoms with Crippen molar-refractivity contribution >= 4 is 21.6 Å². The monoisotopic (exact) mass is 310 g/mol. The highest BCUT2D eigenvalue weighted by Crippen LogP contribution is 2.27. The van der Waals surface area contributed by atoms with Crippen molar-refractivity contribution in [1.82, 2.24) is 4.90 Å². The van der Waals surface area contributed by atoms with Gasteiger partial charge in [0, 0.05) is 28.8 Å². The summed E-state index contributed by atoms with van der Waals surface area (Å²) < 4.78 is 1.23. The summed E-state index contributed by atoms with van der Waals surface area (Å²) >= 11 is 3.62. The van der Waals surface area contributed by atoms with Crippen LogP contribution >= 0.6 is 15.9 Å². The topological polar surface area (TPSA) is 15.3 Å². The van der Waals surface area contributed by atoms with Gasteiger partial charge in [0.15, 0.2) is 0 Å². The molecule has 1 aliphatic heterocycles. The third-order valence-corrected chi connectivity index (χ3v) is 5.27. The number of likely N-dealkylation sites (tertiary alicyclic amines) is 1. The number of anilines is 1. The van der Waals surface area contributed by atoms with Crippen molar-refractivity contribution in [2.24, 2.45) is 0 Å². The summed E-state index contributed by atoms with van der Waals surface area (Å²) in [6.07, 6.45) is 2.46. The van der Waals surface area contributed by atoms with Gasteiger partial charge >= 0.3 is 0 Å². The highest BCUT2D eigenvalue weighted by Gasteiger charge is 2.22.